The monoisotopic (exact) mass is 278 g/mol. The third-order valence-corrected chi connectivity index (χ3v) is 2.45. The summed E-state index contributed by atoms with van der Waals surface area (Å²) in [6.07, 6.45) is 3.30. The van der Waals surface area contributed by atoms with Crippen LogP contribution in [-0.4, -0.2) is 32.6 Å². The van der Waals surface area contributed by atoms with Crippen molar-refractivity contribution in [3.8, 4) is 11.5 Å². The van der Waals surface area contributed by atoms with Gasteiger partial charge in [0.1, 0.15) is 18.8 Å². The van der Waals surface area contributed by atoms with Gasteiger partial charge < -0.3 is 14.2 Å². The predicted molar refractivity (Wildman–Crippen MR) is 74.8 cm³/mol. The van der Waals surface area contributed by atoms with Crippen molar-refractivity contribution in [3.63, 3.8) is 0 Å². The van der Waals surface area contributed by atoms with E-state index in [-0.39, 0.29) is 18.8 Å². The number of hydrogen-bond acceptors (Lipinski definition) is 5. The summed E-state index contributed by atoms with van der Waals surface area (Å²) in [4.78, 5) is 21.8. The first-order valence-corrected chi connectivity index (χ1v) is 6.10. The zero-order valence-corrected chi connectivity index (χ0v) is 11.8. The van der Waals surface area contributed by atoms with E-state index in [9.17, 15) is 9.59 Å². The summed E-state index contributed by atoms with van der Waals surface area (Å²) in [6.45, 7) is 1.47. The Morgan fingerprint density at radius 3 is 2.45 bits per heavy atom. The van der Waals surface area contributed by atoms with Crippen LogP contribution in [0.25, 0.3) is 6.08 Å². The van der Waals surface area contributed by atoms with Gasteiger partial charge >= 0.3 is 5.97 Å². The second kappa shape index (κ2) is 7.99. The lowest BCUT2D eigenvalue weighted by atomic mass is 10.2. The molecule has 5 heteroatoms. The molecule has 0 bridgehead atoms. The molecule has 1 aromatic carbocycles. The SMILES string of the molecule is COc1ccc(C=CCOC(=O)CC(C)=O)cc1OC. The molecule has 5 nitrogen and oxygen atoms in total. The van der Waals surface area contributed by atoms with E-state index in [0.717, 1.165) is 5.56 Å². The number of Topliss-reactive ketones (excluding diaryl/α,β-unsaturated/α-hetero) is 1. The number of ketones is 1. The van der Waals surface area contributed by atoms with E-state index >= 15 is 0 Å². The third-order valence-electron chi connectivity index (χ3n) is 2.45. The molecule has 0 amide bonds. The molecule has 0 heterocycles. The lowest BCUT2D eigenvalue weighted by molar-refractivity contribution is -0.144. The molecule has 0 aliphatic carbocycles. The van der Waals surface area contributed by atoms with Crippen LogP contribution in [0.15, 0.2) is 24.3 Å². The molecule has 0 aliphatic heterocycles. The lowest BCUT2D eigenvalue weighted by Gasteiger charge is -2.07. The van der Waals surface area contributed by atoms with Gasteiger partial charge in [-0.2, -0.15) is 0 Å². The number of carbonyl (C=O) groups excluding carboxylic acids is 2. The van der Waals surface area contributed by atoms with Gasteiger partial charge in [0.25, 0.3) is 0 Å². The number of rotatable bonds is 7. The summed E-state index contributed by atoms with van der Waals surface area (Å²) < 4.78 is 15.2. The van der Waals surface area contributed by atoms with Crippen molar-refractivity contribution in [1.82, 2.24) is 0 Å². The topological polar surface area (TPSA) is 61.8 Å². The molecule has 0 aromatic heterocycles. The molecule has 20 heavy (non-hydrogen) atoms. The van der Waals surface area contributed by atoms with Crippen molar-refractivity contribution in [2.75, 3.05) is 20.8 Å². The van der Waals surface area contributed by atoms with Crippen LogP contribution in [0, 0.1) is 0 Å². The van der Waals surface area contributed by atoms with E-state index in [1.165, 1.54) is 6.92 Å². The van der Waals surface area contributed by atoms with Crippen LogP contribution in [0.1, 0.15) is 18.9 Å². The largest absolute Gasteiger partial charge is 0.493 e. The average molecular weight is 278 g/mol. The molecule has 0 saturated carbocycles. The van der Waals surface area contributed by atoms with Gasteiger partial charge in [0.2, 0.25) is 0 Å². The van der Waals surface area contributed by atoms with Gasteiger partial charge in [-0.3, -0.25) is 9.59 Å². The highest BCUT2D eigenvalue weighted by atomic mass is 16.5. The lowest BCUT2D eigenvalue weighted by Crippen LogP contribution is -2.08. The zero-order valence-electron chi connectivity index (χ0n) is 11.8. The Morgan fingerprint density at radius 2 is 1.85 bits per heavy atom. The minimum Gasteiger partial charge on any atom is -0.493 e. The van der Waals surface area contributed by atoms with Gasteiger partial charge in [-0.05, 0) is 30.7 Å². The van der Waals surface area contributed by atoms with Crippen LogP contribution in [0.4, 0.5) is 0 Å². The number of benzene rings is 1. The Labute approximate surface area is 118 Å². The fraction of sp³-hybridized carbons (Fsp3) is 0.333. The predicted octanol–water partition coefficient (Wildman–Crippen LogP) is 2.24. The molecule has 0 fully saturated rings. The Hall–Kier alpha value is -2.30. The molecule has 0 atom stereocenters. The molecule has 0 radical (unpaired) electrons. The summed E-state index contributed by atoms with van der Waals surface area (Å²) in [7, 11) is 3.14. The van der Waals surface area contributed by atoms with Gasteiger partial charge in [-0.25, -0.2) is 0 Å². The van der Waals surface area contributed by atoms with Gasteiger partial charge in [0.15, 0.2) is 11.5 Å². The number of methoxy groups -OCH3 is 2. The first kappa shape index (κ1) is 15.8. The number of hydrogen-bond donors (Lipinski definition) is 0. The molecule has 1 aromatic rings. The van der Waals surface area contributed by atoms with Crippen molar-refractivity contribution in [2.45, 2.75) is 13.3 Å². The Balaban J connectivity index is 2.54. The normalized spacial score (nSPS) is 10.3. The highest BCUT2D eigenvalue weighted by Gasteiger charge is 2.05. The van der Waals surface area contributed by atoms with E-state index in [4.69, 9.17) is 14.2 Å². The summed E-state index contributed by atoms with van der Waals surface area (Å²) in [5.41, 5.74) is 0.894. The van der Waals surface area contributed by atoms with Crippen molar-refractivity contribution in [2.24, 2.45) is 0 Å². The molecular formula is C15H18O5. The van der Waals surface area contributed by atoms with Crippen molar-refractivity contribution < 1.29 is 23.8 Å². The average Bonchev–Trinajstić information content (AvgIpc) is 2.42. The highest BCUT2D eigenvalue weighted by molar-refractivity contribution is 5.94. The molecule has 0 saturated heterocycles. The van der Waals surface area contributed by atoms with Crippen LogP contribution >= 0.6 is 0 Å². The molecule has 0 N–H and O–H groups in total. The van der Waals surface area contributed by atoms with Crippen molar-refractivity contribution in [1.29, 1.82) is 0 Å². The van der Waals surface area contributed by atoms with Crippen LogP contribution in [0.3, 0.4) is 0 Å². The van der Waals surface area contributed by atoms with Gasteiger partial charge in [0.05, 0.1) is 14.2 Å². The third kappa shape index (κ3) is 5.14. The summed E-state index contributed by atoms with van der Waals surface area (Å²) >= 11 is 0. The van der Waals surface area contributed by atoms with E-state index in [1.807, 2.05) is 12.1 Å². The first-order chi connectivity index (χ1) is 9.56. The van der Waals surface area contributed by atoms with E-state index in [2.05, 4.69) is 0 Å². The summed E-state index contributed by atoms with van der Waals surface area (Å²) in [6, 6.07) is 5.46. The minimum atomic E-state index is -0.519. The van der Waals surface area contributed by atoms with Gasteiger partial charge in [-0.1, -0.05) is 12.1 Å². The number of ether oxygens (including phenoxy) is 3. The van der Waals surface area contributed by atoms with Gasteiger partial charge in [0, 0.05) is 0 Å². The van der Waals surface area contributed by atoms with Gasteiger partial charge in [-0.15, -0.1) is 0 Å². The Bertz CT molecular complexity index is 505. The van der Waals surface area contributed by atoms with Crippen LogP contribution in [-0.2, 0) is 14.3 Å². The van der Waals surface area contributed by atoms with Crippen LogP contribution in [0.5, 0.6) is 11.5 Å². The summed E-state index contributed by atoms with van der Waals surface area (Å²) in [5.74, 6) is 0.550. The standard InChI is InChI=1S/C15H18O5/c1-11(16)9-15(17)20-8-4-5-12-6-7-13(18-2)14(10-12)19-3/h4-7,10H,8-9H2,1-3H3. The molecule has 1 rings (SSSR count). The maximum Gasteiger partial charge on any atom is 0.313 e. The van der Waals surface area contributed by atoms with Crippen molar-refractivity contribution >= 4 is 17.8 Å². The first-order valence-electron chi connectivity index (χ1n) is 6.10. The molecular weight excluding hydrogens is 260 g/mol. The maximum absolute atomic E-state index is 11.1. The molecule has 0 spiro atoms. The highest BCUT2D eigenvalue weighted by Crippen LogP contribution is 2.27. The van der Waals surface area contributed by atoms with E-state index in [0.29, 0.717) is 11.5 Å². The van der Waals surface area contributed by atoms with Crippen LogP contribution < -0.4 is 9.47 Å². The van der Waals surface area contributed by atoms with E-state index in [1.54, 1.807) is 32.4 Å². The fourth-order valence-electron chi connectivity index (χ4n) is 1.54. The maximum atomic E-state index is 11.1. The number of carbonyl (C=O) groups is 2. The molecule has 0 aliphatic rings. The minimum absolute atomic E-state index is 0.125. The van der Waals surface area contributed by atoms with E-state index < -0.39 is 5.97 Å². The van der Waals surface area contributed by atoms with Crippen molar-refractivity contribution in [3.05, 3.63) is 29.8 Å². The fourth-order valence-corrected chi connectivity index (χ4v) is 1.54. The van der Waals surface area contributed by atoms with Crippen LogP contribution in [0.2, 0.25) is 0 Å². The zero-order chi connectivity index (χ0) is 15.0. The molecule has 108 valence electrons. The second-order valence-corrected chi connectivity index (χ2v) is 4.08. The molecule has 0 unspecified atom stereocenters. The Kier molecular flexibility index (Phi) is 6.29. The quantitative estimate of drug-likeness (QED) is 0.565. The smallest absolute Gasteiger partial charge is 0.313 e. The summed E-state index contributed by atoms with van der Waals surface area (Å²) in [5, 5.41) is 0. The number of esters is 1. The Morgan fingerprint density at radius 1 is 1.15 bits per heavy atom. The second-order valence-electron chi connectivity index (χ2n) is 4.08.